The first kappa shape index (κ1) is 15.4. The summed E-state index contributed by atoms with van der Waals surface area (Å²) in [7, 11) is 0. The molecule has 1 heterocycles. The molecule has 0 aliphatic heterocycles. The van der Waals surface area contributed by atoms with Gasteiger partial charge in [0.05, 0.1) is 0 Å². The van der Waals surface area contributed by atoms with Crippen LogP contribution in [0.5, 0.6) is 0 Å². The predicted molar refractivity (Wildman–Crippen MR) is 82.7 cm³/mol. The van der Waals surface area contributed by atoms with Gasteiger partial charge in [-0.15, -0.1) is 5.10 Å². The zero-order valence-corrected chi connectivity index (χ0v) is 12.7. The van der Waals surface area contributed by atoms with Gasteiger partial charge in [-0.3, -0.25) is 0 Å². The van der Waals surface area contributed by atoms with Gasteiger partial charge in [0.1, 0.15) is 0 Å². The van der Waals surface area contributed by atoms with Crippen LogP contribution in [0.25, 0.3) is 11.4 Å². The highest BCUT2D eigenvalue weighted by Crippen LogP contribution is 2.21. The van der Waals surface area contributed by atoms with Gasteiger partial charge in [-0.2, -0.15) is 0 Å². The lowest BCUT2D eigenvalue weighted by molar-refractivity contribution is 0.125. The molecule has 6 heteroatoms. The quantitative estimate of drug-likeness (QED) is 0.596. The fourth-order valence-electron chi connectivity index (χ4n) is 2.04. The van der Waals surface area contributed by atoms with E-state index >= 15 is 0 Å². The molecule has 0 atom stereocenters. The molecule has 0 bridgehead atoms. The third-order valence-corrected chi connectivity index (χ3v) is 3.36. The average molecular weight is 289 g/mol. The monoisotopic (exact) mass is 289 g/mol. The molecule has 0 spiro atoms. The van der Waals surface area contributed by atoms with Gasteiger partial charge in [-0.25, -0.2) is 4.68 Å². The van der Waals surface area contributed by atoms with E-state index in [0.717, 1.165) is 61.7 Å². The second-order valence-corrected chi connectivity index (χ2v) is 5.12. The van der Waals surface area contributed by atoms with Crippen molar-refractivity contribution in [2.75, 3.05) is 18.9 Å². The Labute approximate surface area is 125 Å². The molecule has 0 saturated heterocycles. The standard InChI is InChI=1S/C15H23N5O/c1-3-4-9-21-10-5-8-20-15(17-18-19-20)13-6-7-14(16)12(2)11-13/h6-7,11H,3-5,8-10,16H2,1-2H3. The summed E-state index contributed by atoms with van der Waals surface area (Å²) in [6, 6.07) is 5.84. The van der Waals surface area contributed by atoms with E-state index in [-0.39, 0.29) is 0 Å². The van der Waals surface area contributed by atoms with E-state index < -0.39 is 0 Å². The third-order valence-electron chi connectivity index (χ3n) is 3.36. The first-order chi connectivity index (χ1) is 10.2. The van der Waals surface area contributed by atoms with Crippen LogP contribution in [0.15, 0.2) is 18.2 Å². The summed E-state index contributed by atoms with van der Waals surface area (Å²) in [5.41, 5.74) is 8.64. The number of nitrogens with two attached hydrogens (primary N) is 1. The SMILES string of the molecule is CCCCOCCCn1nnnc1-c1ccc(N)c(C)c1. The highest BCUT2D eigenvalue weighted by atomic mass is 16.5. The molecule has 0 saturated carbocycles. The minimum atomic E-state index is 0.736. The van der Waals surface area contributed by atoms with Gasteiger partial charge < -0.3 is 10.5 Å². The van der Waals surface area contributed by atoms with Gasteiger partial charge in [-0.1, -0.05) is 13.3 Å². The van der Waals surface area contributed by atoms with Crippen LogP contribution in [-0.4, -0.2) is 33.4 Å². The summed E-state index contributed by atoms with van der Waals surface area (Å²) in [6.07, 6.45) is 3.17. The number of anilines is 1. The molecule has 2 aromatic rings. The van der Waals surface area contributed by atoms with Crippen molar-refractivity contribution in [3.05, 3.63) is 23.8 Å². The first-order valence-electron chi connectivity index (χ1n) is 7.42. The summed E-state index contributed by atoms with van der Waals surface area (Å²) in [5, 5.41) is 11.9. The number of aromatic nitrogens is 4. The molecule has 1 aromatic heterocycles. The Hall–Kier alpha value is -1.95. The Morgan fingerprint density at radius 1 is 1.24 bits per heavy atom. The second kappa shape index (κ2) is 7.73. The number of unbranched alkanes of at least 4 members (excludes halogenated alkanes) is 1. The van der Waals surface area contributed by atoms with Crippen LogP contribution < -0.4 is 5.73 Å². The Balaban J connectivity index is 1.93. The Morgan fingerprint density at radius 2 is 2.05 bits per heavy atom. The second-order valence-electron chi connectivity index (χ2n) is 5.12. The van der Waals surface area contributed by atoms with Gasteiger partial charge in [-0.05, 0) is 54.0 Å². The number of nitrogens with zero attached hydrogens (tertiary/aromatic N) is 4. The fraction of sp³-hybridized carbons (Fsp3) is 0.533. The summed E-state index contributed by atoms with van der Waals surface area (Å²) >= 11 is 0. The average Bonchev–Trinajstić information content (AvgIpc) is 2.94. The van der Waals surface area contributed by atoms with E-state index in [9.17, 15) is 0 Å². The largest absolute Gasteiger partial charge is 0.399 e. The number of hydrogen-bond donors (Lipinski definition) is 1. The van der Waals surface area contributed by atoms with E-state index in [1.54, 1.807) is 0 Å². The third kappa shape index (κ3) is 4.26. The lowest BCUT2D eigenvalue weighted by Crippen LogP contribution is -2.07. The predicted octanol–water partition coefficient (Wildman–Crippen LogP) is 2.44. The van der Waals surface area contributed by atoms with Crippen LogP contribution in [0.4, 0.5) is 5.69 Å². The van der Waals surface area contributed by atoms with Crippen molar-refractivity contribution in [3.8, 4) is 11.4 Å². The molecule has 0 radical (unpaired) electrons. The molecule has 0 fully saturated rings. The van der Waals surface area contributed by atoms with Crippen molar-refractivity contribution >= 4 is 5.69 Å². The molecule has 114 valence electrons. The number of nitrogen functional groups attached to an aromatic ring is 1. The van der Waals surface area contributed by atoms with Gasteiger partial charge in [0.15, 0.2) is 5.82 Å². The van der Waals surface area contributed by atoms with Crippen molar-refractivity contribution in [1.82, 2.24) is 20.2 Å². The van der Waals surface area contributed by atoms with Crippen LogP contribution in [0.2, 0.25) is 0 Å². The minimum absolute atomic E-state index is 0.736. The molecule has 21 heavy (non-hydrogen) atoms. The zero-order chi connectivity index (χ0) is 15.1. The van der Waals surface area contributed by atoms with Gasteiger partial charge in [0.2, 0.25) is 0 Å². The van der Waals surface area contributed by atoms with Crippen molar-refractivity contribution in [2.45, 2.75) is 39.7 Å². The van der Waals surface area contributed by atoms with Crippen LogP contribution in [-0.2, 0) is 11.3 Å². The fourth-order valence-corrected chi connectivity index (χ4v) is 2.04. The lowest BCUT2D eigenvalue weighted by atomic mass is 10.1. The van der Waals surface area contributed by atoms with Crippen molar-refractivity contribution in [2.24, 2.45) is 0 Å². The van der Waals surface area contributed by atoms with E-state index in [1.165, 1.54) is 0 Å². The normalized spacial score (nSPS) is 11.0. The molecule has 1 aromatic carbocycles. The Kier molecular flexibility index (Phi) is 5.68. The van der Waals surface area contributed by atoms with Gasteiger partial charge in [0.25, 0.3) is 0 Å². The van der Waals surface area contributed by atoms with Crippen LogP contribution in [0, 0.1) is 6.92 Å². The Bertz CT molecular complexity index is 567. The molecule has 2 rings (SSSR count). The molecule has 6 nitrogen and oxygen atoms in total. The maximum absolute atomic E-state index is 5.84. The van der Waals surface area contributed by atoms with Crippen LogP contribution in [0.3, 0.4) is 0 Å². The minimum Gasteiger partial charge on any atom is -0.399 e. The zero-order valence-electron chi connectivity index (χ0n) is 12.7. The number of rotatable bonds is 8. The number of tetrazole rings is 1. The van der Waals surface area contributed by atoms with Crippen LogP contribution in [0.1, 0.15) is 31.7 Å². The maximum atomic E-state index is 5.84. The van der Waals surface area contributed by atoms with E-state index in [4.69, 9.17) is 10.5 Å². The van der Waals surface area contributed by atoms with E-state index in [1.807, 2.05) is 29.8 Å². The first-order valence-corrected chi connectivity index (χ1v) is 7.42. The number of aryl methyl sites for hydroxylation is 2. The summed E-state index contributed by atoms with van der Waals surface area (Å²) in [6.45, 7) is 6.45. The van der Waals surface area contributed by atoms with Gasteiger partial charge >= 0.3 is 0 Å². The van der Waals surface area contributed by atoms with Crippen LogP contribution >= 0.6 is 0 Å². The Morgan fingerprint density at radius 3 is 2.81 bits per heavy atom. The van der Waals surface area contributed by atoms with E-state index in [2.05, 4.69) is 22.4 Å². The number of benzene rings is 1. The van der Waals surface area contributed by atoms with Crippen molar-refractivity contribution in [1.29, 1.82) is 0 Å². The summed E-state index contributed by atoms with van der Waals surface area (Å²) in [5.74, 6) is 0.770. The number of ether oxygens (including phenoxy) is 1. The summed E-state index contributed by atoms with van der Waals surface area (Å²) < 4.78 is 7.37. The molecule has 0 aliphatic rings. The molecular formula is C15H23N5O. The highest BCUT2D eigenvalue weighted by molar-refractivity contribution is 5.61. The summed E-state index contributed by atoms with van der Waals surface area (Å²) in [4.78, 5) is 0. The topological polar surface area (TPSA) is 78.8 Å². The molecular weight excluding hydrogens is 266 g/mol. The maximum Gasteiger partial charge on any atom is 0.182 e. The molecule has 0 unspecified atom stereocenters. The number of hydrogen-bond acceptors (Lipinski definition) is 5. The molecule has 0 aliphatic carbocycles. The highest BCUT2D eigenvalue weighted by Gasteiger charge is 2.09. The van der Waals surface area contributed by atoms with Crippen molar-refractivity contribution in [3.63, 3.8) is 0 Å². The lowest BCUT2D eigenvalue weighted by Gasteiger charge is -2.07. The van der Waals surface area contributed by atoms with Crippen molar-refractivity contribution < 1.29 is 4.74 Å². The molecule has 0 amide bonds. The van der Waals surface area contributed by atoms with E-state index in [0.29, 0.717) is 0 Å². The molecule has 2 N–H and O–H groups in total. The smallest absolute Gasteiger partial charge is 0.182 e. The van der Waals surface area contributed by atoms with Gasteiger partial charge in [0, 0.05) is 31.0 Å².